The van der Waals surface area contributed by atoms with Crippen molar-refractivity contribution in [2.24, 2.45) is 0 Å². The van der Waals surface area contributed by atoms with Gasteiger partial charge in [-0.2, -0.15) is 0 Å². The van der Waals surface area contributed by atoms with Crippen LogP contribution in [0.25, 0.3) is 0 Å². The normalized spacial score (nSPS) is 23.5. The van der Waals surface area contributed by atoms with Gasteiger partial charge in [-0.25, -0.2) is 0 Å². The second-order valence-electron chi connectivity index (χ2n) is 5.08. The summed E-state index contributed by atoms with van der Waals surface area (Å²) in [6.07, 6.45) is 6.37. The predicted octanol–water partition coefficient (Wildman–Crippen LogP) is 5.40. The fourth-order valence-electron chi connectivity index (χ4n) is 2.53. The number of rotatable bonds is 5. The molecule has 2 atom stereocenters. The Hall–Kier alpha value is 0.110. The van der Waals surface area contributed by atoms with Crippen molar-refractivity contribution in [3.05, 3.63) is 28.2 Å². The third-order valence-electron chi connectivity index (χ3n) is 3.53. The maximum Gasteiger partial charge on any atom is 0.0543 e. The van der Waals surface area contributed by atoms with Gasteiger partial charge in [0.05, 0.1) is 5.02 Å². The molecule has 2 unspecified atom stereocenters. The lowest BCUT2D eigenvalue weighted by atomic mass is 9.95. The topological polar surface area (TPSA) is 12.0 Å². The summed E-state index contributed by atoms with van der Waals surface area (Å²) in [5, 5.41) is 5.87. The molecule has 1 aromatic carbocycles. The summed E-state index contributed by atoms with van der Waals surface area (Å²) in [4.78, 5) is 1.12. The molecule has 0 spiro atoms. The van der Waals surface area contributed by atoms with Crippen LogP contribution in [0.3, 0.4) is 0 Å². The molecular weight excluding hydrogens is 297 g/mol. The Morgan fingerprint density at radius 2 is 2.05 bits per heavy atom. The smallest absolute Gasteiger partial charge is 0.0543 e. The molecule has 19 heavy (non-hydrogen) atoms. The molecule has 1 N–H and O–H groups in total. The van der Waals surface area contributed by atoms with Gasteiger partial charge in [0.1, 0.15) is 0 Å². The molecule has 0 radical (unpaired) electrons. The van der Waals surface area contributed by atoms with E-state index in [2.05, 4.69) is 12.2 Å². The second-order valence-corrected chi connectivity index (χ2v) is 7.20. The van der Waals surface area contributed by atoms with Crippen molar-refractivity contribution < 1.29 is 0 Å². The van der Waals surface area contributed by atoms with Crippen LogP contribution < -0.4 is 5.32 Å². The maximum atomic E-state index is 6.27. The van der Waals surface area contributed by atoms with E-state index < -0.39 is 0 Å². The van der Waals surface area contributed by atoms with E-state index in [0.717, 1.165) is 21.5 Å². The summed E-state index contributed by atoms with van der Waals surface area (Å²) >= 11 is 14.2. The summed E-state index contributed by atoms with van der Waals surface area (Å²) in [5.74, 6) is 0. The number of nitrogens with one attached hydrogen (secondary N) is 1. The summed E-state index contributed by atoms with van der Waals surface area (Å²) in [7, 11) is 0. The first-order chi connectivity index (χ1) is 9.20. The molecule has 2 rings (SSSR count). The fraction of sp³-hybridized carbons (Fsp3) is 0.600. The highest BCUT2D eigenvalue weighted by Gasteiger charge is 2.26. The zero-order valence-corrected chi connectivity index (χ0v) is 13.6. The van der Waals surface area contributed by atoms with Crippen LogP contribution in [-0.2, 0) is 0 Å². The number of hydrogen-bond acceptors (Lipinski definition) is 2. The Morgan fingerprint density at radius 3 is 2.84 bits per heavy atom. The molecule has 0 aromatic heterocycles. The average molecular weight is 318 g/mol. The van der Waals surface area contributed by atoms with Crippen molar-refractivity contribution in [2.45, 2.75) is 55.2 Å². The van der Waals surface area contributed by atoms with Gasteiger partial charge in [0.25, 0.3) is 0 Å². The van der Waals surface area contributed by atoms with E-state index in [1.807, 2.05) is 30.0 Å². The Labute approximate surface area is 130 Å². The molecule has 1 aliphatic carbocycles. The van der Waals surface area contributed by atoms with Crippen LogP contribution in [0, 0.1) is 0 Å². The van der Waals surface area contributed by atoms with E-state index >= 15 is 0 Å². The van der Waals surface area contributed by atoms with Crippen LogP contribution >= 0.6 is 35.0 Å². The van der Waals surface area contributed by atoms with Gasteiger partial charge in [-0.15, -0.1) is 11.8 Å². The quantitative estimate of drug-likeness (QED) is 0.780. The SMILES string of the molecule is CCCNC1CCCCC1Sc1cc(Cl)ccc1Cl. The molecular formula is C15H21Cl2NS. The van der Waals surface area contributed by atoms with Crippen molar-refractivity contribution in [1.29, 1.82) is 0 Å². The van der Waals surface area contributed by atoms with Gasteiger partial charge in [0, 0.05) is 21.2 Å². The summed E-state index contributed by atoms with van der Waals surface area (Å²) in [6, 6.07) is 6.33. The molecule has 1 aliphatic rings. The number of halogens is 2. The fourth-order valence-corrected chi connectivity index (χ4v) is 4.40. The third kappa shape index (κ3) is 4.56. The van der Waals surface area contributed by atoms with E-state index in [9.17, 15) is 0 Å². The molecule has 4 heteroatoms. The van der Waals surface area contributed by atoms with Crippen LogP contribution in [0.1, 0.15) is 39.0 Å². The lowest BCUT2D eigenvalue weighted by Crippen LogP contribution is -2.40. The average Bonchev–Trinajstić information content (AvgIpc) is 2.42. The minimum Gasteiger partial charge on any atom is -0.313 e. The molecule has 0 amide bonds. The van der Waals surface area contributed by atoms with Crippen molar-refractivity contribution >= 4 is 35.0 Å². The van der Waals surface area contributed by atoms with Gasteiger partial charge in [0.15, 0.2) is 0 Å². The molecule has 1 fully saturated rings. The molecule has 106 valence electrons. The Morgan fingerprint density at radius 1 is 1.26 bits per heavy atom. The molecule has 1 aromatic rings. The van der Waals surface area contributed by atoms with Gasteiger partial charge in [-0.1, -0.05) is 43.0 Å². The van der Waals surface area contributed by atoms with E-state index in [1.165, 1.54) is 32.1 Å². The summed E-state index contributed by atoms with van der Waals surface area (Å²) in [5.41, 5.74) is 0. The Balaban J connectivity index is 2.04. The second kappa shape index (κ2) is 7.78. The van der Waals surface area contributed by atoms with Crippen LogP contribution in [0.2, 0.25) is 10.0 Å². The van der Waals surface area contributed by atoms with Gasteiger partial charge < -0.3 is 5.32 Å². The van der Waals surface area contributed by atoms with Crippen molar-refractivity contribution in [1.82, 2.24) is 5.32 Å². The maximum absolute atomic E-state index is 6.27. The minimum atomic E-state index is 0.605. The van der Waals surface area contributed by atoms with Crippen molar-refractivity contribution in [3.63, 3.8) is 0 Å². The lowest BCUT2D eigenvalue weighted by molar-refractivity contribution is 0.384. The standard InChI is InChI=1S/C15H21Cl2NS/c1-2-9-18-13-5-3-4-6-14(13)19-15-10-11(16)7-8-12(15)17/h7-8,10,13-14,18H,2-6,9H2,1H3. The molecule has 1 saturated carbocycles. The largest absolute Gasteiger partial charge is 0.313 e. The third-order valence-corrected chi connectivity index (χ3v) is 5.67. The zero-order chi connectivity index (χ0) is 13.7. The molecule has 1 nitrogen and oxygen atoms in total. The molecule has 0 saturated heterocycles. The molecule has 0 aliphatic heterocycles. The monoisotopic (exact) mass is 317 g/mol. The summed E-state index contributed by atoms with van der Waals surface area (Å²) < 4.78 is 0. The van der Waals surface area contributed by atoms with E-state index in [4.69, 9.17) is 23.2 Å². The van der Waals surface area contributed by atoms with Crippen LogP contribution in [0.4, 0.5) is 0 Å². The van der Waals surface area contributed by atoms with Crippen molar-refractivity contribution in [3.8, 4) is 0 Å². The molecule has 0 bridgehead atoms. The van der Waals surface area contributed by atoms with Crippen molar-refractivity contribution in [2.75, 3.05) is 6.54 Å². The minimum absolute atomic E-state index is 0.605. The van der Waals surface area contributed by atoms with Gasteiger partial charge in [-0.3, -0.25) is 0 Å². The number of thioether (sulfide) groups is 1. The van der Waals surface area contributed by atoms with Crippen LogP contribution in [0.15, 0.2) is 23.1 Å². The summed E-state index contributed by atoms with van der Waals surface area (Å²) in [6.45, 7) is 3.32. The number of hydrogen-bond donors (Lipinski definition) is 1. The van der Waals surface area contributed by atoms with Crippen LogP contribution in [-0.4, -0.2) is 17.8 Å². The van der Waals surface area contributed by atoms with Crippen LogP contribution in [0.5, 0.6) is 0 Å². The Kier molecular flexibility index (Phi) is 6.34. The highest BCUT2D eigenvalue weighted by molar-refractivity contribution is 8.00. The lowest BCUT2D eigenvalue weighted by Gasteiger charge is -2.32. The van der Waals surface area contributed by atoms with Gasteiger partial charge >= 0.3 is 0 Å². The number of benzene rings is 1. The van der Waals surface area contributed by atoms with E-state index in [1.54, 1.807) is 0 Å². The van der Waals surface area contributed by atoms with Gasteiger partial charge in [-0.05, 0) is 44.0 Å². The van der Waals surface area contributed by atoms with E-state index in [-0.39, 0.29) is 0 Å². The van der Waals surface area contributed by atoms with Gasteiger partial charge in [0.2, 0.25) is 0 Å². The first-order valence-electron chi connectivity index (χ1n) is 7.05. The predicted molar refractivity (Wildman–Crippen MR) is 86.7 cm³/mol. The highest BCUT2D eigenvalue weighted by Crippen LogP contribution is 2.38. The first kappa shape index (κ1) is 15.5. The highest BCUT2D eigenvalue weighted by atomic mass is 35.5. The first-order valence-corrected chi connectivity index (χ1v) is 8.69. The van der Waals surface area contributed by atoms with E-state index in [0.29, 0.717) is 11.3 Å². The molecule has 0 heterocycles. The zero-order valence-electron chi connectivity index (χ0n) is 11.3. The Bertz CT molecular complexity index is 411.